The minimum Gasteiger partial charge on any atom is -0.507 e. The van der Waals surface area contributed by atoms with Crippen LogP contribution in [0.25, 0.3) is 12.2 Å². The van der Waals surface area contributed by atoms with E-state index in [1.165, 1.54) is 12.1 Å². The van der Waals surface area contributed by atoms with Gasteiger partial charge in [-0.15, -0.1) is 0 Å². The number of H-pyrrole nitrogens is 3. The zero-order valence-electron chi connectivity index (χ0n) is 14.8. The van der Waals surface area contributed by atoms with Crippen molar-refractivity contribution in [3.63, 3.8) is 0 Å². The fourth-order valence-corrected chi connectivity index (χ4v) is 2.61. The predicted molar refractivity (Wildman–Crippen MR) is 99.5 cm³/mol. The molecule has 26 heavy (non-hydrogen) atoms. The molecule has 2 aromatic heterocycles. The van der Waals surface area contributed by atoms with Crippen molar-refractivity contribution in [2.45, 2.75) is 26.2 Å². The van der Waals surface area contributed by atoms with Gasteiger partial charge in [-0.2, -0.15) is 0 Å². The molecule has 0 bridgehead atoms. The lowest BCUT2D eigenvalue weighted by Crippen LogP contribution is -2.46. The summed E-state index contributed by atoms with van der Waals surface area (Å²) in [6.45, 7) is 6.07. The van der Waals surface area contributed by atoms with Gasteiger partial charge < -0.3 is 20.1 Å². The quantitative estimate of drug-likeness (QED) is 0.536. The van der Waals surface area contributed by atoms with Gasteiger partial charge in [-0.25, -0.2) is 4.98 Å². The Hall–Kier alpha value is -3.35. The van der Waals surface area contributed by atoms with E-state index in [4.69, 9.17) is 0 Å². The number of aromatic hydroxyl groups is 1. The molecule has 1 aromatic carbocycles. The fourth-order valence-electron chi connectivity index (χ4n) is 2.61. The van der Waals surface area contributed by atoms with E-state index in [1.807, 2.05) is 20.8 Å². The molecule has 4 N–H and O–H groups in total. The van der Waals surface area contributed by atoms with E-state index in [-0.39, 0.29) is 21.9 Å². The Morgan fingerprint density at radius 2 is 1.62 bits per heavy atom. The van der Waals surface area contributed by atoms with E-state index in [9.17, 15) is 14.7 Å². The molecule has 0 saturated heterocycles. The molecule has 7 nitrogen and oxygen atoms in total. The third kappa shape index (κ3) is 3.51. The highest BCUT2D eigenvalue weighted by molar-refractivity contribution is 5.55. The average molecular weight is 352 g/mol. The van der Waals surface area contributed by atoms with Crippen molar-refractivity contribution in [1.29, 1.82) is 0 Å². The second-order valence-electron chi connectivity index (χ2n) is 7.00. The van der Waals surface area contributed by atoms with E-state index >= 15 is 0 Å². The molecular formula is C19H20N4O3. The van der Waals surface area contributed by atoms with Crippen LogP contribution in [-0.2, 0) is 5.41 Å². The molecule has 0 unspecified atom stereocenters. The number of phenolic OH excluding ortho intramolecular Hbond substituents is 1. The number of phenols is 1. The highest BCUT2D eigenvalue weighted by Crippen LogP contribution is 2.22. The lowest BCUT2D eigenvalue weighted by molar-refractivity contribution is 0.474. The second kappa shape index (κ2) is 6.51. The maximum Gasteiger partial charge on any atom is 0.272 e. The average Bonchev–Trinajstić information content (AvgIpc) is 3.03. The smallest absolute Gasteiger partial charge is 0.272 e. The number of benzene rings is 1. The lowest BCUT2D eigenvalue weighted by atomic mass is 9.90. The molecule has 2 heterocycles. The molecule has 3 aromatic rings. The minimum atomic E-state index is -0.466. The second-order valence-corrected chi connectivity index (χ2v) is 7.00. The molecule has 3 rings (SSSR count). The van der Waals surface area contributed by atoms with Gasteiger partial charge >= 0.3 is 0 Å². The summed E-state index contributed by atoms with van der Waals surface area (Å²) in [5, 5.41) is 9.99. The number of nitrogens with zero attached hydrogens (tertiary/aromatic N) is 1. The van der Waals surface area contributed by atoms with Crippen molar-refractivity contribution in [1.82, 2.24) is 19.9 Å². The molecule has 7 heteroatoms. The molecule has 0 saturated carbocycles. The van der Waals surface area contributed by atoms with Gasteiger partial charge in [0, 0.05) is 16.7 Å². The number of rotatable bonds is 2. The molecule has 0 spiro atoms. The van der Waals surface area contributed by atoms with Crippen LogP contribution in [0.5, 0.6) is 5.75 Å². The Balaban J connectivity index is 2.16. The monoisotopic (exact) mass is 352 g/mol. The highest BCUT2D eigenvalue weighted by atomic mass is 16.3. The van der Waals surface area contributed by atoms with E-state index in [0.29, 0.717) is 11.3 Å². The normalized spacial score (nSPS) is 13.3. The first-order valence-electron chi connectivity index (χ1n) is 8.13. The summed E-state index contributed by atoms with van der Waals surface area (Å²) in [6.07, 6.45) is 4.52. The first-order valence-corrected chi connectivity index (χ1v) is 8.13. The predicted octanol–water partition coefficient (Wildman–Crippen LogP) is 0.447. The van der Waals surface area contributed by atoms with E-state index in [2.05, 4.69) is 19.9 Å². The third-order valence-electron chi connectivity index (χ3n) is 3.92. The van der Waals surface area contributed by atoms with Crippen LogP contribution in [0.15, 0.2) is 40.2 Å². The van der Waals surface area contributed by atoms with E-state index < -0.39 is 11.1 Å². The largest absolute Gasteiger partial charge is 0.507 e. The van der Waals surface area contributed by atoms with Gasteiger partial charge in [0.2, 0.25) is 0 Å². The Kier molecular flexibility index (Phi) is 4.38. The molecule has 0 aliphatic rings. The summed E-state index contributed by atoms with van der Waals surface area (Å²) in [7, 11) is 0. The van der Waals surface area contributed by atoms with Crippen molar-refractivity contribution in [2.75, 3.05) is 0 Å². The van der Waals surface area contributed by atoms with Gasteiger partial charge in [-0.05, 0) is 18.2 Å². The third-order valence-corrected chi connectivity index (χ3v) is 3.92. The molecule has 0 amide bonds. The Morgan fingerprint density at radius 3 is 2.23 bits per heavy atom. The number of imidazole rings is 1. The van der Waals surface area contributed by atoms with Crippen molar-refractivity contribution in [3.05, 3.63) is 78.9 Å². The number of aromatic nitrogens is 4. The van der Waals surface area contributed by atoms with Crippen LogP contribution in [0.3, 0.4) is 0 Å². The van der Waals surface area contributed by atoms with Crippen LogP contribution in [0.1, 0.15) is 37.7 Å². The molecule has 0 aliphatic heterocycles. The van der Waals surface area contributed by atoms with E-state index in [0.717, 1.165) is 5.69 Å². The zero-order valence-corrected chi connectivity index (χ0v) is 14.8. The number of para-hydroxylation sites is 1. The van der Waals surface area contributed by atoms with E-state index in [1.54, 1.807) is 30.6 Å². The zero-order chi connectivity index (χ0) is 18.9. The van der Waals surface area contributed by atoms with Crippen LogP contribution < -0.4 is 21.8 Å². The van der Waals surface area contributed by atoms with Crippen LogP contribution in [-0.4, -0.2) is 25.0 Å². The van der Waals surface area contributed by atoms with Crippen molar-refractivity contribution in [2.24, 2.45) is 0 Å². The van der Waals surface area contributed by atoms with Crippen LogP contribution in [0, 0.1) is 0 Å². The van der Waals surface area contributed by atoms with Crippen molar-refractivity contribution >= 4 is 12.2 Å². The maximum atomic E-state index is 12.4. The standard InChI is InChI=1S/C19H20N4O3/c1-19(2,3)16-12(20-10-21-16)9-14-18(26)22-13(17(25)23-14)8-11-6-4-5-7-15(11)24/h4-10,24H,1-3H3,(H,20,21)(H,22,26)(H,23,25). The number of aromatic amines is 3. The highest BCUT2D eigenvalue weighted by Gasteiger charge is 2.19. The maximum absolute atomic E-state index is 12.4. The SMILES string of the molecule is CC(C)(C)c1[nH]cnc1C=c1[nH]c(=O)c(=Cc2ccccc2O)[nH]c1=O. The van der Waals surface area contributed by atoms with Crippen LogP contribution in [0.4, 0.5) is 0 Å². The summed E-state index contributed by atoms with van der Waals surface area (Å²) in [5.74, 6) is 0.0229. The molecule has 0 fully saturated rings. The topological polar surface area (TPSA) is 115 Å². The molecule has 134 valence electrons. The molecule has 0 aliphatic carbocycles. The number of hydrogen-bond donors (Lipinski definition) is 4. The molecular weight excluding hydrogens is 332 g/mol. The van der Waals surface area contributed by atoms with Crippen LogP contribution in [0.2, 0.25) is 0 Å². The molecule has 0 radical (unpaired) electrons. The van der Waals surface area contributed by atoms with Gasteiger partial charge in [-0.1, -0.05) is 39.0 Å². The first-order chi connectivity index (χ1) is 12.3. The van der Waals surface area contributed by atoms with Gasteiger partial charge in [0.25, 0.3) is 11.1 Å². The first kappa shape index (κ1) is 17.5. The number of nitrogens with one attached hydrogen (secondary N) is 3. The fraction of sp³-hybridized carbons (Fsp3) is 0.211. The summed E-state index contributed by atoms with van der Waals surface area (Å²) >= 11 is 0. The Labute approximate surface area is 148 Å². The van der Waals surface area contributed by atoms with Crippen LogP contribution >= 0.6 is 0 Å². The molecule has 0 atom stereocenters. The summed E-state index contributed by atoms with van der Waals surface area (Å²) < 4.78 is 0. The van der Waals surface area contributed by atoms with Gasteiger partial charge in [0.15, 0.2) is 0 Å². The minimum absolute atomic E-state index is 0.0229. The Morgan fingerprint density at radius 1 is 1.00 bits per heavy atom. The van der Waals surface area contributed by atoms with Crippen molar-refractivity contribution < 1.29 is 5.11 Å². The summed E-state index contributed by atoms with van der Waals surface area (Å²) in [5.41, 5.74) is 0.793. The summed E-state index contributed by atoms with van der Waals surface area (Å²) in [6, 6.07) is 6.55. The van der Waals surface area contributed by atoms with Gasteiger partial charge in [-0.3, -0.25) is 9.59 Å². The lowest BCUT2D eigenvalue weighted by Gasteiger charge is -2.16. The van der Waals surface area contributed by atoms with Crippen molar-refractivity contribution in [3.8, 4) is 5.75 Å². The van der Waals surface area contributed by atoms with Gasteiger partial charge in [0.1, 0.15) is 16.4 Å². The van der Waals surface area contributed by atoms with Gasteiger partial charge in [0.05, 0.1) is 12.0 Å². The summed E-state index contributed by atoms with van der Waals surface area (Å²) in [4.78, 5) is 37.1. The Bertz CT molecular complexity index is 1180. The number of hydrogen-bond acceptors (Lipinski definition) is 4.